The molecule has 0 bridgehead atoms. The molecule has 0 aliphatic rings. The van der Waals surface area contributed by atoms with Crippen LogP contribution in [0.25, 0.3) is 71.7 Å². The number of carboxylic acids is 2. The van der Waals surface area contributed by atoms with E-state index in [1.807, 2.05) is 118 Å². The maximum Gasteiger partial charge on any atom is 0.335 e. The van der Waals surface area contributed by atoms with Crippen LogP contribution in [0.3, 0.4) is 0 Å². The third-order valence-corrected chi connectivity index (χ3v) is 23.8. The molecule has 0 saturated heterocycles. The number of imidazole rings is 3. The number of pyridine rings is 3. The van der Waals surface area contributed by atoms with Crippen LogP contribution < -0.4 is 15.4 Å². The van der Waals surface area contributed by atoms with Gasteiger partial charge in [0.1, 0.15) is 53.5 Å². The van der Waals surface area contributed by atoms with Gasteiger partial charge < -0.3 is 53.5 Å². The van der Waals surface area contributed by atoms with Crippen LogP contribution in [0.5, 0.6) is 5.88 Å². The number of carbonyl (C=O) groups excluding carboxylic acids is 4. The number of hydrogen-bond donors (Lipinski definition) is 4. The normalized spacial score (nSPS) is 11.7. The van der Waals surface area contributed by atoms with Gasteiger partial charge in [0.15, 0.2) is 29.5 Å². The van der Waals surface area contributed by atoms with Gasteiger partial charge >= 0.3 is 11.9 Å². The first-order valence-electron chi connectivity index (χ1n) is 43.2. The molecule has 690 valence electrons. The molecular formula is C105H89F4N15O12S. The first-order valence-corrected chi connectivity index (χ1v) is 44.1. The van der Waals surface area contributed by atoms with E-state index in [2.05, 4.69) is 30.4 Å². The Bertz CT molecular complexity index is 7060. The molecule has 32 heteroatoms. The van der Waals surface area contributed by atoms with E-state index in [9.17, 15) is 52.2 Å². The standard InChI is InChI=1S/C36H27F2N5O5S.C35H32FN5O3.C34H30FN5O4/c1-39-25-10-8-24(27(38)17-25)20-48-34-5-3-4-28(42-34)22-7-6-21(26(37)14-22)16-33-41-29-11-9-23(36(45)46)15-30(29)43(33)19-32(47-2)31(44)18-35-40-12-13-49-35;1-22(42)27-14-16-31-32(19-27)41(21-33(44-3)35(43)38-2)34(40-31)18-23-7-11-26(12-8-23)30-6-4-5-28(39-30)15-13-25-10-9-24(20-37)17-29(25)36;1-37-33(41)31(44-2)20-40-30-18-25(34(42)43)13-15-29(30)39-32(40)17-21-6-10-24(11-7-21)28-5-3-4-26(38-28)14-12-23-9-8-22(19-36)16-27(23)35/h3-15,17,32H,16,18-20H2,2H3,(H,45,46);4-12,14,16-17,19,33H,13,15,18,21H2,1-3H3,(H,38,43);3-11,13,15-16,18,31H,12,14,17,20H2,1-2H3,(H,37,41)(H,42,43)/t;33-;31-/m.01/s1. The number of benzene rings is 9. The van der Waals surface area contributed by atoms with Gasteiger partial charge in [-0.05, 0) is 182 Å². The maximum atomic E-state index is 15.7. The second-order valence-electron chi connectivity index (χ2n) is 31.8. The number of thiazole rings is 1. The van der Waals surface area contributed by atoms with E-state index >= 15 is 4.39 Å². The van der Waals surface area contributed by atoms with Crippen LogP contribution in [-0.4, -0.2) is 148 Å². The number of rotatable bonds is 35. The van der Waals surface area contributed by atoms with E-state index in [0.29, 0.717) is 122 Å². The van der Waals surface area contributed by atoms with Crippen molar-refractivity contribution < 1.29 is 75.5 Å². The molecule has 16 aromatic rings. The molecule has 7 aromatic heterocycles. The lowest BCUT2D eigenvalue weighted by molar-refractivity contribution is -0.131. The van der Waals surface area contributed by atoms with Gasteiger partial charge in [-0.2, -0.15) is 10.5 Å². The number of carboxylic acid groups (broad SMARTS) is 2. The lowest BCUT2D eigenvalue weighted by Crippen LogP contribution is -2.36. The molecule has 1 unspecified atom stereocenters. The van der Waals surface area contributed by atoms with E-state index in [0.717, 1.165) is 68.0 Å². The predicted octanol–water partition coefficient (Wildman–Crippen LogP) is 17.5. The van der Waals surface area contributed by atoms with Crippen molar-refractivity contribution in [2.45, 2.75) is 103 Å². The number of nitrogens with one attached hydrogen (secondary N) is 2. The highest BCUT2D eigenvalue weighted by Gasteiger charge is 2.28. The van der Waals surface area contributed by atoms with Gasteiger partial charge in [0.25, 0.3) is 11.8 Å². The summed E-state index contributed by atoms with van der Waals surface area (Å²) in [6, 6.07) is 68.9. The fraction of sp³-hybridized carbons (Fsp3) is 0.200. The van der Waals surface area contributed by atoms with Crippen molar-refractivity contribution in [2.24, 2.45) is 0 Å². The summed E-state index contributed by atoms with van der Waals surface area (Å²) in [5.41, 5.74) is 14.9. The van der Waals surface area contributed by atoms with Crippen LogP contribution in [0.1, 0.15) is 116 Å². The zero-order valence-corrected chi connectivity index (χ0v) is 75.8. The van der Waals surface area contributed by atoms with Crippen LogP contribution in [0.4, 0.5) is 23.2 Å². The van der Waals surface area contributed by atoms with E-state index in [1.54, 1.807) is 102 Å². The minimum atomic E-state index is -1.12. The third kappa shape index (κ3) is 24.0. The number of hydrogen-bond acceptors (Lipinski definition) is 20. The molecular weight excluding hydrogens is 1770 g/mol. The predicted molar refractivity (Wildman–Crippen MR) is 506 cm³/mol. The van der Waals surface area contributed by atoms with Crippen molar-refractivity contribution in [3.05, 3.63) is 372 Å². The van der Waals surface area contributed by atoms with Gasteiger partial charge in [-0.3, -0.25) is 29.1 Å². The van der Waals surface area contributed by atoms with Gasteiger partial charge in [-0.25, -0.2) is 56.9 Å². The molecule has 9 aromatic carbocycles. The first kappa shape index (κ1) is 96.6. The summed E-state index contributed by atoms with van der Waals surface area (Å²) in [5.74, 6) is -2.79. The molecule has 27 nitrogen and oxygen atoms in total. The average molecular weight is 1860 g/mol. The Morgan fingerprint density at radius 1 is 0.467 bits per heavy atom. The lowest BCUT2D eigenvalue weighted by atomic mass is 10.0. The molecule has 137 heavy (non-hydrogen) atoms. The lowest BCUT2D eigenvalue weighted by Gasteiger charge is -2.17. The van der Waals surface area contributed by atoms with Crippen LogP contribution in [-0.2, 0) is 106 Å². The second-order valence-corrected chi connectivity index (χ2v) is 32.8. The summed E-state index contributed by atoms with van der Waals surface area (Å²) in [6.45, 7) is 8.85. The van der Waals surface area contributed by atoms with Crippen LogP contribution in [0, 0.1) is 52.5 Å². The zero-order valence-electron chi connectivity index (χ0n) is 75.0. The van der Waals surface area contributed by atoms with Crippen LogP contribution in [0.15, 0.2) is 242 Å². The Labute approximate surface area is 788 Å². The largest absolute Gasteiger partial charge is 0.478 e. The Kier molecular flexibility index (Phi) is 31.6. The second kappa shape index (κ2) is 44.9. The molecule has 0 spiro atoms. The fourth-order valence-corrected chi connectivity index (χ4v) is 16.1. The van der Waals surface area contributed by atoms with Crippen LogP contribution in [0.2, 0.25) is 0 Å². The van der Waals surface area contributed by atoms with Gasteiger partial charge in [-0.15, -0.1) is 11.3 Å². The maximum absolute atomic E-state index is 15.7. The van der Waals surface area contributed by atoms with Crippen molar-refractivity contribution in [1.29, 1.82) is 10.5 Å². The molecule has 0 saturated carbocycles. The quantitative estimate of drug-likeness (QED) is 0.0163. The number of nitrogens with zero attached hydrogens (tertiary/aromatic N) is 13. The minimum absolute atomic E-state index is 0.0274. The van der Waals surface area contributed by atoms with E-state index < -0.39 is 47.7 Å². The fourth-order valence-electron chi connectivity index (χ4n) is 15.5. The Hall–Kier alpha value is -16.4. The number of likely N-dealkylation sites (N-methyl/N-ethyl adjacent to an activating group) is 2. The zero-order chi connectivity index (χ0) is 96.9. The van der Waals surface area contributed by atoms with E-state index in [-0.39, 0.29) is 96.5 Å². The first-order chi connectivity index (χ1) is 66.3. The Morgan fingerprint density at radius 3 is 1.33 bits per heavy atom. The van der Waals surface area contributed by atoms with Gasteiger partial charge in [-0.1, -0.05) is 103 Å². The number of Topliss-reactive ketones (excluding diaryl/α,β-unsaturated/α-hetero) is 2. The van der Waals surface area contributed by atoms with Crippen molar-refractivity contribution in [1.82, 2.24) is 59.2 Å². The minimum Gasteiger partial charge on any atom is -0.478 e. The molecule has 3 atom stereocenters. The van der Waals surface area contributed by atoms with E-state index in [1.165, 1.54) is 95.2 Å². The SMILES string of the molecule is CNC(=O)[C@@H](Cn1c(Cc2ccc(-c3cccc(CCc4ccc(C#N)cc4F)n3)cc2)nc2ccc(C(=O)O)cc21)OC.CNC(=O)[C@H](Cn1c(Cc2ccc(-c3cccc(CCc4ccc(C#N)cc4F)n3)cc2)nc2ccc(C(C)=O)cc21)OC.[C-]#[N+]c1ccc(COc2cccc(-c3ccc(Cc4nc5ccc(C(=O)O)cc5n4CC(OC)C(=O)Cc4nccs4)c(F)c3)n2)c(F)c1. The van der Waals surface area contributed by atoms with Crippen molar-refractivity contribution in [3.63, 3.8) is 0 Å². The molecule has 7 heterocycles. The number of ketones is 2. The number of aromatic nitrogens is 10. The summed E-state index contributed by atoms with van der Waals surface area (Å²) >= 11 is 1.36. The topological polar surface area (TPSA) is 361 Å². The number of aromatic carboxylic acids is 2. The van der Waals surface area contributed by atoms with Crippen molar-refractivity contribution >= 4 is 85.4 Å². The molecule has 4 N–H and O–H groups in total. The molecule has 0 radical (unpaired) electrons. The number of methoxy groups -OCH3 is 3. The van der Waals surface area contributed by atoms with E-state index in [4.69, 9.17) is 56.0 Å². The monoisotopic (exact) mass is 1860 g/mol. The molecule has 0 fully saturated rings. The summed E-state index contributed by atoms with van der Waals surface area (Å²) < 4.78 is 86.3. The highest BCUT2D eigenvalue weighted by atomic mass is 32.1. The molecule has 2 amide bonds. The Balaban J connectivity index is 0.000000165. The average Bonchev–Trinajstić information content (AvgIpc) is 1.63. The molecule has 0 aliphatic carbocycles. The summed E-state index contributed by atoms with van der Waals surface area (Å²) in [6.07, 6.45) is 2.30. The highest BCUT2D eigenvalue weighted by molar-refractivity contribution is 7.09. The Morgan fingerprint density at radius 2 is 0.898 bits per heavy atom. The molecule has 0 aliphatic heterocycles. The van der Waals surface area contributed by atoms with Crippen molar-refractivity contribution in [2.75, 3.05) is 35.4 Å². The summed E-state index contributed by atoms with van der Waals surface area (Å²) in [4.78, 5) is 109. The van der Waals surface area contributed by atoms with Crippen LogP contribution >= 0.6 is 11.3 Å². The number of halogens is 4. The molecule has 16 rings (SSSR count). The summed E-state index contributed by atoms with van der Waals surface area (Å²) in [5, 5.41) is 44.7. The number of carbonyl (C=O) groups is 6. The number of ether oxygens (including phenoxy) is 4. The number of amides is 2. The van der Waals surface area contributed by atoms with Crippen molar-refractivity contribution in [3.8, 4) is 51.8 Å². The smallest absolute Gasteiger partial charge is 0.335 e. The number of aryl methyl sites for hydroxylation is 4. The number of fused-ring (bicyclic) bond motifs is 3. The number of nitriles is 2. The third-order valence-electron chi connectivity index (χ3n) is 23.0. The van der Waals surface area contributed by atoms with Gasteiger partial charge in [0.2, 0.25) is 5.88 Å². The summed E-state index contributed by atoms with van der Waals surface area (Å²) in [7, 11) is 7.47. The highest BCUT2D eigenvalue weighted by Crippen LogP contribution is 2.32. The van der Waals surface area contributed by atoms with Gasteiger partial charge in [0.05, 0.1) is 122 Å². The van der Waals surface area contributed by atoms with Gasteiger partial charge in [0, 0.05) is 112 Å².